The molecule has 2 atom stereocenters. The summed E-state index contributed by atoms with van der Waals surface area (Å²) in [5, 5.41) is 0. The summed E-state index contributed by atoms with van der Waals surface area (Å²) in [5.74, 6) is -0.909. The number of hydrogen-bond acceptors (Lipinski definition) is 5. The summed E-state index contributed by atoms with van der Waals surface area (Å²) in [7, 11) is -4.00. The molecule has 2 rings (SSSR count). The average Bonchev–Trinajstić information content (AvgIpc) is 2.89. The molecule has 1 aromatic rings. The second-order valence-corrected chi connectivity index (χ2v) is 10.1. The Bertz CT molecular complexity index is 786. The van der Waals surface area contributed by atoms with Gasteiger partial charge < -0.3 is 10.6 Å². The Morgan fingerprint density at radius 1 is 1.27 bits per heavy atom. The number of carbonyl (C=O) groups is 2. The fraction of sp³-hybridized carbons (Fsp3) is 0.529. The standard InChI is InChI=1S/C17H23BrN2O5S/c1-17(2,3)9-15(21)20-10-12(8-14(20)16(19)22)25-26(23,24)13-6-4-11(18)5-7-13/h4-7,12,14H,8-10H2,1-3H3,(H2,19,22)/t12?,14-/m0/s1. The first-order valence-electron chi connectivity index (χ1n) is 8.17. The third-order valence-corrected chi connectivity index (χ3v) is 5.86. The Kier molecular flexibility index (Phi) is 6.14. The van der Waals surface area contributed by atoms with Gasteiger partial charge in [-0.25, -0.2) is 0 Å². The first kappa shape index (κ1) is 20.9. The predicted molar refractivity (Wildman–Crippen MR) is 99.6 cm³/mol. The van der Waals surface area contributed by atoms with E-state index in [2.05, 4.69) is 15.9 Å². The summed E-state index contributed by atoms with van der Waals surface area (Å²) in [4.78, 5) is 25.6. The molecule has 1 fully saturated rings. The molecule has 1 saturated heterocycles. The minimum atomic E-state index is -4.00. The van der Waals surface area contributed by atoms with Crippen molar-refractivity contribution in [1.82, 2.24) is 4.90 Å². The van der Waals surface area contributed by atoms with Gasteiger partial charge in [0.05, 0.1) is 11.0 Å². The van der Waals surface area contributed by atoms with Crippen LogP contribution in [-0.2, 0) is 23.9 Å². The van der Waals surface area contributed by atoms with Gasteiger partial charge >= 0.3 is 0 Å². The number of hydrogen-bond donors (Lipinski definition) is 1. The zero-order chi connectivity index (χ0) is 19.7. The summed E-state index contributed by atoms with van der Waals surface area (Å²) in [6.45, 7) is 5.74. The Labute approximate surface area is 162 Å². The molecule has 1 heterocycles. The van der Waals surface area contributed by atoms with Crippen molar-refractivity contribution < 1.29 is 22.2 Å². The molecule has 7 nitrogen and oxygen atoms in total. The molecule has 0 spiro atoms. The third-order valence-electron chi connectivity index (χ3n) is 3.96. The van der Waals surface area contributed by atoms with Crippen LogP contribution in [0.15, 0.2) is 33.6 Å². The highest BCUT2D eigenvalue weighted by molar-refractivity contribution is 9.10. The van der Waals surface area contributed by atoms with Gasteiger partial charge in [0.1, 0.15) is 6.04 Å². The molecule has 9 heteroatoms. The van der Waals surface area contributed by atoms with Crippen LogP contribution in [-0.4, -0.2) is 43.8 Å². The van der Waals surface area contributed by atoms with E-state index in [0.717, 1.165) is 4.47 Å². The van der Waals surface area contributed by atoms with Gasteiger partial charge in [-0.15, -0.1) is 0 Å². The van der Waals surface area contributed by atoms with Crippen LogP contribution >= 0.6 is 15.9 Å². The van der Waals surface area contributed by atoms with Crippen molar-refractivity contribution in [3.05, 3.63) is 28.7 Å². The summed E-state index contributed by atoms with van der Waals surface area (Å²) in [6, 6.07) is 5.16. The van der Waals surface area contributed by atoms with Gasteiger partial charge in [0.2, 0.25) is 11.8 Å². The van der Waals surface area contributed by atoms with E-state index >= 15 is 0 Å². The number of likely N-dealkylation sites (tertiary alicyclic amines) is 1. The molecule has 1 unspecified atom stereocenters. The summed E-state index contributed by atoms with van der Waals surface area (Å²) >= 11 is 3.24. The number of carbonyl (C=O) groups excluding carboxylic acids is 2. The predicted octanol–water partition coefficient (Wildman–Crippen LogP) is 2.05. The van der Waals surface area contributed by atoms with Crippen LogP contribution < -0.4 is 5.73 Å². The number of halogens is 1. The first-order valence-corrected chi connectivity index (χ1v) is 10.4. The number of rotatable bonds is 5. The Hall–Kier alpha value is -1.45. The molecular formula is C17H23BrN2O5S. The number of nitrogens with zero attached hydrogens (tertiary/aromatic N) is 1. The summed E-state index contributed by atoms with van der Waals surface area (Å²) in [6.07, 6.45) is -0.533. The minimum absolute atomic E-state index is 0.00999. The van der Waals surface area contributed by atoms with Gasteiger partial charge in [0, 0.05) is 23.9 Å². The normalized spacial score (nSPS) is 21.0. The van der Waals surface area contributed by atoms with Gasteiger partial charge in [-0.05, 0) is 29.7 Å². The topological polar surface area (TPSA) is 107 Å². The van der Waals surface area contributed by atoms with E-state index in [9.17, 15) is 18.0 Å². The van der Waals surface area contributed by atoms with Crippen LogP contribution in [0, 0.1) is 5.41 Å². The third kappa shape index (κ3) is 5.28. The van der Waals surface area contributed by atoms with Crippen LogP contribution in [0.2, 0.25) is 0 Å². The van der Waals surface area contributed by atoms with Crippen LogP contribution in [0.25, 0.3) is 0 Å². The van der Waals surface area contributed by atoms with Crippen molar-refractivity contribution in [3.63, 3.8) is 0 Å². The zero-order valence-electron chi connectivity index (χ0n) is 14.9. The van der Waals surface area contributed by atoms with Crippen molar-refractivity contribution in [2.45, 2.75) is 50.7 Å². The molecule has 0 bridgehead atoms. The highest BCUT2D eigenvalue weighted by Gasteiger charge is 2.41. The number of amides is 2. The number of nitrogens with two attached hydrogens (primary N) is 1. The van der Waals surface area contributed by atoms with E-state index in [4.69, 9.17) is 9.92 Å². The van der Waals surface area contributed by atoms with E-state index in [-0.39, 0.29) is 35.6 Å². The number of benzene rings is 1. The molecular weight excluding hydrogens is 424 g/mol. The van der Waals surface area contributed by atoms with E-state index in [1.54, 1.807) is 12.1 Å². The van der Waals surface area contributed by atoms with Crippen LogP contribution in [0.3, 0.4) is 0 Å². The van der Waals surface area contributed by atoms with Crippen LogP contribution in [0.1, 0.15) is 33.6 Å². The summed E-state index contributed by atoms with van der Waals surface area (Å²) < 4.78 is 30.9. The second kappa shape index (κ2) is 7.66. The number of primary amides is 1. The quantitative estimate of drug-likeness (QED) is 0.696. The van der Waals surface area contributed by atoms with Gasteiger partial charge in [-0.3, -0.25) is 13.8 Å². The largest absolute Gasteiger partial charge is 0.368 e. The Morgan fingerprint density at radius 2 is 1.85 bits per heavy atom. The van der Waals surface area contributed by atoms with Crippen LogP contribution in [0.4, 0.5) is 0 Å². The molecule has 1 aromatic carbocycles. The monoisotopic (exact) mass is 446 g/mol. The second-order valence-electron chi connectivity index (χ2n) is 7.56. The van der Waals surface area contributed by atoms with Crippen molar-refractivity contribution in [1.29, 1.82) is 0 Å². The van der Waals surface area contributed by atoms with E-state index in [1.165, 1.54) is 17.0 Å². The maximum Gasteiger partial charge on any atom is 0.297 e. The van der Waals surface area contributed by atoms with E-state index in [0.29, 0.717) is 0 Å². The molecule has 1 aliphatic rings. The smallest absolute Gasteiger partial charge is 0.297 e. The van der Waals surface area contributed by atoms with Crippen LogP contribution in [0.5, 0.6) is 0 Å². The van der Waals surface area contributed by atoms with Crippen molar-refractivity contribution in [2.24, 2.45) is 11.1 Å². The molecule has 0 aromatic heterocycles. The van der Waals surface area contributed by atoms with Gasteiger partial charge in [0.15, 0.2) is 0 Å². The maximum atomic E-state index is 12.5. The average molecular weight is 447 g/mol. The fourth-order valence-corrected chi connectivity index (χ4v) is 4.15. The van der Waals surface area contributed by atoms with Crippen molar-refractivity contribution in [3.8, 4) is 0 Å². The first-order chi connectivity index (χ1) is 11.9. The Morgan fingerprint density at radius 3 is 2.35 bits per heavy atom. The molecule has 2 amide bonds. The summed E-state index contributed by atoms with van der Waals surface area (Å²) in [5.41, 5.74) is 5.14. The minimum Gasteiger partial charge on any atom is -0.368 e. The van der Waals surface area contributed by atoms with Gasteiger partial charge in [0.25, 0.3) is 10.1 Å². The molecule has 1 aliphatic heterocycles. The molecule has 2 N–H and O–H groups in total. The van der Waals surface area contributed by atoms with E-state index < -0.39 is 28.2 Å². The fourth-order valence-electron chi connectivity index (χ4n) is 2.80. The highest BCUT2D eigenvalue weighted by atomic mass is 79.9. The Balaban J connectivity index is 2.15. The van der Waals surface area contributed by atoms with E-state index in [1.807, 2.05) is 20.8 Å². The lowest BCUT2D eigenvalue weighted by molar-refractivity contribution is -0.138. The highest BCUT2D eigenvalue weighted by Crippen LogP contribution is 2.28. The molecule has 0 aliphatic carbocycles. The molecule has 26 heavy (non-hydrogen) atoms. The maximum absolute atomic E-state index is 12.5. The van der Waals surface area contributed by atoms with Crippen molar-refractivity contribution in [2.75, 3.05) is 6.54 Å². The molecule has 144 valence electrons. The zero-order valence-corrected chi connectivity index (χ0v) is 17.3. The lowest BCUT2D eigenvalue weighted by Crippen LogP contribution is -2.44. The van der Waals surface area contributed by atoms with Crippen molar-refractivity contribution >= 4 is 37.9 Å². The van der Waals surface area contributed by atoms with Gasteiger partial charge in [-0.2, -0.15) is 8.42 Å². The lowest BCUT2D eigenvalue weighted by atomic mass is 9.91. The lowest BCUT2D eigenvalue weighted by Gasteiger charge is -2.26. The molecule has 0 saturated carbocycles. The SMILES string of the molecule is CC(C)(C)CC(=O)N1CC(OS(=O)(=O)c2ccc(Br)cc2)C[C@H]1C(N)=O. The van der Waals surface area contributed by atoms with Gasteiger partial charge in [-0.1, -0.05) is 36.7 Å². The molecule has 0 radical (unpaired) electrons.